The number of fused-ring (bicyclic) bond motifs is 1. The second-order valence-electron chi connectivity index (χ2n) is 8.84. The molecule has 156 valence electrons. The van der Waals surface area contributed by atoms with Crippen LogP contribution in [0.25, 0.3) is 0 Å². The molecule has 1 saturated heterocycles. The Bertz CT molecular complexity index is 855. The van der Waals surface area contributed by atoms with Gasteiger partial charge in [0, 0.05) is 43.1 Å². The van der Waals surface area contributed by atoms with E-state index in [1.54, 1.807) is 0 Å². The van der Waals surface area contributed by atoms with Crippen molar-refractivity contribution in [2.45, 2.75) is 65.5 Å². The zero-order chi connectivity index (χ0) is 20.4. The lowest BCUT2D eigenvalue weighted by Gasteiger charge is -2.31. The van der Waals surface area contributed by atoms with Crippen LogP contribution in [0.1, 0.15) is 50.1 Å². The fourth-order valence-corrected chi connectivity index (χ4v) is 4.33. The molecule has 2 aromatic rings. The van der Waals surface area contributed by atoms with Crippen LogP contribution in [-0.4, -0.2) is 44.8 Å². The topological polar surface area (TPSA) is 75.9 Å². The number of carbonyl (C=O) groups is 1. The summed E-state index contributed by atoms with van der Waals surface area (Å²) in [6, 6.07) is 2.02. The smallest absolute Gasteiger partial charge is 0.225 e. The maximum Gasteiger partial charge on any atom is 0.225 e. The van der Waals surface area contributed by atoms with Crippen molar-refractivity contribution in [3.63, 3.8) is 0 Å². The minimum absolute atomic E-state index is 0.00501. The lowest BCUT2D eigenvalue weighted by molar-refractivity contribution is -0.126. The van der Waals surface area contributed by atoms with E-state index in [9.17, 15) is 4.79 Å². The Hall–Kier alpha value is -2.44. The Morgan fingerprint density at radius 2 is 2.10 bits per heavy atom. The monoisotopic (exact) mass is 396 g/mol. The Balaban J connectivity index is 1.34. The van der Waals surface area contributed by atoms with Gasteiger partial charge in [-0.3, -0.25) is 9.48 Å². The van der Waals surface area contributed by atoms with Gasteiger partial charge in [-0.05, 0) is 63.5 Å². The highest BCUT2D eigenvalue weighted by atomic mass is 16.1. The van der Waals surface area contributed by atoms with Gasteiger partial charge in [0.25, 0.3) is 0 Å². The molecular formula is C22H32N6O. The number of aromatic nitrogens is 4. The molecule has 0 aromatic carbocycles. The van der Waals surface area contributed by atoms with E-state index >= 15 is 0 Å². The highest BCUT2D eigenvalue weighted by molar-refractivity contribution is 5.79. The summed E-state index contributed by atoms with van der Waals surface area (Å²) in [6.07, 6.45) is 8.74. The number of amides is 1. The van der Waals surface area contributed by atoms with E-state index in [2.05, 4.69) is 27.2 Å². The molecule has 1 aliphatic carbocycles. The number of nitrogens with one attached hydrogen (secondary N) is 1. The van der Waals surface area contributed by atoms with Gasteiger partial charge in [0.15, 0.2) is 0 Å². The predicted octanol–water partition coefficient (Wildman–Crippen LogP) is 2.53. The number of rotatable bonds is 5. The zero-order valence-corrected chi connectivity index (χ0v) is 17.8. The molecule has 7 nitrogen and oxygen atoms in total. The first kappa shape index (κ1) is 19.9. The average Bonchev–Trinajstić information content (AvgIpc) is 3.12. The van der Waals surface area contributed by atoms with E-state index in [1.807, 2.05) is 37.0 Å². The van der Waals surface area contributed by atoms with E-state index in [4.69, 9.17) is 4.98 Å². The maximum absolute atomic E-state index is 12.8. The predicted molar refractivity (Wildman–Crippen MR) is 113 cm³/mol. The summed E-state index contributed by atoms with van der Waals surface area (Å²) in [7, 11) is 0. The number of piperidine rings is 1. The van der Waals surface area contributed by atoms with Crippen molar-refractivity contribution in [2.75, 3.05) is 18.0 Å². The van der Waals surface area contributed by atoms with Crippen molar-refractivity contribution >= 4 is 11.9 Å². The van der Waals surface area contributed by atoms with Gasteiger partial charge in [0.1, 0.15) is 0 Å². The van der Waals surface area contributed by atoms with Crippen molar-refractivity contribution in [1.29, 1.82) is 0 Å². The Labute approximate surface area is 172 Å². The normalized spacial score (nSPS) is 20.9. The largest absolute Gasteiger partial charge is 0.352 e. The van der Waals surface area contributed by atoms with E-state index in [1.165, 1.54) is 12.8 Å². The maximum atomic E-state index is 12.8. The summed E-state index contributed by atoms with van der Waals surface area (Å²) in [5, 5.41) is 7.55. The van der Waals surface area contributed by atoms with Crippen LogP contribution >= 0.6 is 0 Å². The van der Waals surface area contributed by atoms with Crippen molar-refractivity contribution < 1.29 is 4.79 Å². The van der Waals surface area contributed by atoms with Crippen LogP contribution in [0.2, 0.25) is 0 Å². The first-order valence-corrected chi connectivity index (χ1v) is 10.9. The molecule has 29 heavy (non-hydrogen) atoms. The first-order chi connectivity index (χ1) is 14.0. The minimum atomic E-state index is -0.00501. The molecule has 4 rings (SSSR count). The molecule has 0 radical (unpaired) electrons. The molecular weight excluding hydrogens is 364 g/mol. The highest BCUT2D eigenvalue weighted by Crippen LogP contribution is 2.27. The molecule has 2 aromatic heterocycles. The van der Waals surface area contributed by atoms with Gasteiger partial charge in [-0.1, -0.05) is 6.92 Å². The number of hydrogen-bond acceptors (Lipinski definition) is 5. The van der Waals surface area contributed by atoms with Gasteiger partial charge in [0.2, 0.25) is 11.9 Å². The molecule has 0 saturated carbocycles. The quantitative estimate of drug-likeness (QED) is 0.840. The number of aryl methyl sites for hydroxylation is 2. The minimum Gasteiger partial charge on any atom is -0.352 e. The van der Waals surface area contributed by atoms with Crippen LogP contribution in [0.5, 0.6) is 0 Å². The molecule has 0 spiro atoms. The molecule has 2 atom stereocenters. The van der Waals surface area contributed by atoms with Crippen LogP contribution in [0.3, 0.4) is 0 Å². The van der Waals surface area contributed by atoms with Gasteiger partial charge in [-0.15, -0.1) is 0 Å². The molecule has 0 bridgehead atoms. The first-order valence-electron chi connectivity index (χ1n) is 10.9. The second kappa shape index (κ2) is 8.51. The van der Waals surface area contributed by atoms with Gasteiger partial charge in [-0.2, -0.15) is 5.10 Å². The number of carbonyl (C=O) groups excluding carboxylic acids is 1. The van der Waals surface area contributed by atoms with Crippen LogP contribution in [-0.2, 0) is 24.2 Å². The Kier molecular flexibility index (Phi) is 5.83. The third kappa shape index (κ3) is 4.77. The van der Waals surface area contributed by atoms with Crippen LogP contribution in [0.15, 0.2) is 18.5 Å². The standard InChI is InChI=1S/C22H32N6O/c1-15-6-9-27(10-7-15)22-23-13-19-12-18(4-5-20(19)25-22)21(29)24-17(3)14-28-11-8-16(2)26-28/h8,11,13,15,17-18H,4-7,9-10,12,14H2,1-3H3,(H,24,29)/t17-,18-/m0/s1. The molecule has 1 aliphatic heterocycles. The number of nitrogens with zero attached hydrogens (tertiary/aromatic N) is 5. The molecule has 7 heteroatoms. The van der Waals surface area contributed by atoms with Crippen LogP contribution in [0.4, 0.5) is 5.95 Å². The lowest BCUT2D eigenvalue weighted by atomic mass is 9.86. The third-order valence-electron chi connectivity index (χ3n) is 6.20. The molecule has 0 unspecified atom stereocenters. The molecule has 2 aliphatic rings. The van der Waals surface area contributed by atoms with Crippen molar-refractivity contribution in [3.8, 4) is 0 Å². The summed E-state index contributed by atoms with van der Waals surface area (Å²) < 4.78 is 1.88. The molecule has 1 amide bonds. The fraction of sp³-hybridized carbons (Fsp3) is 0.636. The zero-order valence-electron chi connectivity index (χ0n) is 17.8. The fourth-order valence-electron chi connectivity index (χ4n) is 4.33. The van der Waals surface area contributed by atoms with E-state index in [0.29, 0.717) is 6.54 Å². The summed E-state index contributed by atoms with van der Waals surface area (Å²) in [5.41, 5.74) is 3.24. The SMILES string of the molecule is Cc1ccn(C[C@H](C)NC(=O)[C@H]2CCc3nc(N4CCC(C)CC4)ncc3C2)n1. The number of hydrogen-bond donors (Lipinski definition) is 1. The second-order valence-corrected chi connectivity index (χ2v) is 8.84. The summed E-state index contributed by atoms with van der Waals surface area (Å²) in [5.74, 6) is 1.78. The van der Waals surface area contributed by atoms with E-state index < -0.39 is 0 Å². The lowest BCUT2D eigenvalue weighted by Crippen LogP contribution is -2.41. The number of anilines is 1. The van der Waals surface area contributed by atoms with Crippen molar-refractivity contribution in [3.05, 3.63) is 35.4 Å². The van der Waals surface area contributed by atoms with Crippen LogP contribution in [0, 0.1) is 18.8 Å². The molecule has 3 heterocycles. The summed E-state index contributed by atoms with van der Waals surface area (Å²) in [6.45, 7) is 9.08. The molecule has 1 fully saturated rings. The summed E-state index contributed by atoms with van der Waals surface area (Å²) >= 11 is 0. The Morgan fingerprint density at radius 1 is 1.31 bits per heavy atom. The van der Waals surface area contributed by atoms with Gasteiger partial charge < -0.3 is 10.2 Å². The van der Waals surface area contributed by atoms with Gasteiger partial charge in [-0.25, -0.2) is 9.97 Å². The van der Waals surface area contributed by atoms with E-state index in [0.717, 1.165) is 61.2 Å². The summed E-state index contributed by atoms with van der Waals surface area (Å²) in [4.78, 5) is 24.5. The molecule has 1 N–H and O–H groups in total. The highest BCUT2D eigenvalue weighted by Gasteiger charge is 2.28. The van der Waals surface area contributed by atoms with E-state index in [-0.39, 0.29) is 17.9 Å². The van der Waals surface area contributed by atoms with Crippen LogP contribution < -0.4 is 10.2 Å². The van der Waals surface area contributed by atoms with Gasteiger partial charge in [0.05, 0.1) is 12.2 Å². The van der Waals surface area contributed by atoms with Crippen molar-refractivity contribution in [1.82, 2.24) is 25.1 Å². The third-order valence-corrected chi connectivity index (χ3v) is 6.20. The average molecular weight is 397 g/mol. The Morgan fingerprint density at radius 3 is 2.83 bits per heavy atom. The van der Waals surface area contributed by atoms with Gasteiger partial charge >= 0.3 is 0 Å². The van der Waals surface area contributed by atoms with Crippen molar-refractivity contribution in [2.24, 2.45) is 11.8 Å².